The number of hydrogen-bond acceptors (Lipinski definition) is 2. The molecule has 10 aromatic rings. The van der Waals surface area contributed by atoms with E-state index in [2.05, 4.69) is 230 Å². The van der Waals surface area contributed by atoms with Crippen molar-refractivity contribution in [1.29, 1.82) is 0 Å². The molecule has 0 radical (unpaired) electrons. The minimum absolute atomic E-state index is 0.314. The number of nitrogens with zero attached hydrogens (tertiary/aromatic N) is 1. The molecule has 0 N–H and O–H groups in total. The van der Waals surface area contributed by atoms with Gasteiger partial charge in [0.05, 0.1) is 11.1 Å². The number of hydrogen-bond donors (Lipinski definition) is 0. The maximum atomic E-state index is 7.11. The van der Waals surface area contributed by atoms with Crippen molar-refractivity contribution in [1.82, 2.24) is 0 Å². The van der Waals surface area contributed by atoms with Crippen molar-refractivity contribution >= 4 is 39.0 Å². The third kappa shape index (κ3) is 4.69. The van der Waals surface area contributed by atoms with Gasteiger partial charge < -0.3 is 9.32 Å². The van der Waals surface area contributed by atoms with Crippen LogP contribution in [0.15, 0.2) is 223 Å². The minimum Gasteiger partial charge on any atom is -0.454 e. The molecule has 0 amide bonds. The quantitative estimate of drug-likeness (QED) is 0.168. The summed E-state index contributed by atoms with van der Waals surface area (Å²) >= 11 is 0. The van der Waals surface area contributed by atoms with Gasteiger partial charge in [-0.25, -0.2) is 0 Å². The van der Waals surface area contributed by atoms with Gasteiger partial charge in [0, 0.05) is 27.6 Å². The van der Waals surface area contributed by atoms with Crippen molar-refractivity contribution in [2.45, 2.75) is 17.8 Å². The maximum absolute atomic E-state index is 7.11. The molecule has 0 saturated carbocycles. The summed E-state index contributed by atoms with van der Waals surface area (Å²) < 4.78 is 7.11. The lowest BCUT2D eigenvalue weighted by Gasteiger charge is -2.34. The monoisotopic (exact) mass is 753 g/mol. The number of rotatable bonds is 6. The number of benzene rings is 9. The van der Waals surface area contributed by atoms with Crippen LogP contribution in [0.1, 0.15) is 45.9 Å². The number of anilines is 3. The third-order valence-electron chi connectivity index (χ3n) is 13.2. The molecule has 2 heteroatoms. The third-order valence-corrected chi connectivity index (χ3v) is 13.2. The molecule has 2 nitrogen and oxygen atoms in total. The normalized spacial score (nSPS) is 14.1. The van der Waals surface area contributed by atoms with Crippen LogP contribution < -0.4 is 4.90 Å². The number of fused-ring (bicyclic) bond motifs is 9. The van der Waals surface area contributed by atoms with E-state index in [4.69, 9.17) is 4.42 Å². The van der Waals surface area contributed by atoms with Gasteiger partial charge in [-0.15, -0.1) is 0 Å². The first-order valence-electron chi connectivity index (χ1n) is 20.5. The molecule has 2 aliphatic carbocycles. The van der Waals surface area contributed by atoms with Crippen LogP contribution >= 0.6 is 0 Å². The second kappa shape index (κ2) is 12.8. The van der Waals surface area contributed by atoms with E-state index in [0.29, 0.717) is 0 Å². The molecule has 0 saturated heterocycles. The summed E-state index contributed by atoms with van der Waals surface area (Å²) in [5.74, 6) is 0. The van der Waals surface area contributed by atoms with Gasteiger partial charge in [0.25, 0.3) is 0 Å². The van der Waals surface area contributed by atoms with Crippen LogP contribution in [0.2, 0.25) is 0 Å². The van der Waals surface area contributed by atoms with E-state index in [1.54, 1.807) is 0 Å². The fraction of sp³-hybridized carbons (Fsp3) is 0.0526. The number of furan rings is 1. The van der Waals surface area contributed by atoms with Crippen molar-refractivity contribution in [3.05, 3.63) is 257 Å². The molecule has 9 aromatic carbocycles. The molecule has 0 unspecified atom stereocenters. The van der Waals surface area contributed by atoms with Crippen LogP contribution in [-0.2, 0) is 10.8 Å². The Kier molecular flexibility index (Phi) is 7.31. The molecular weight excluding hydrogens is 715 g/mol. The van der Waals surface area contributed by atoms with Gasteiger partial charge in [0.15, 0.2) is 5.58 Å². The first kappa shape index (κ1) is 33.7. The molecule has 0 atom stereocenters. The Morgan fingerprint density at radius 2 is 0.915 bits per heavy atom. The fourth-order valence-corrected chi connectivity index (χ4v) is 10.6. The lowest BCUT2D eigenvalue weighted by molar-refractivity contribution is 0.662. The zero-order chi connectivity index (χ0) is 39.1. The second-order valence-electron chi connectivity index (χ2n) is 16.1. The zero-order valence-electron chi connectivity index (χ0n) is 32.6. The minimum atomic E-state index is -0.512. The molecule has 0 aliphatic heterocycles. The average Bonchev–Trinajstić information content (AvgIpc) is 3.92. The van der Waals surface area contributed by atoms with Crippen LogP contribution in [0.25, 0.3) is 44.2 Å². The van der Waals surface area contributed by atoms with Gasteiger partial charge in [-0.3, -0.25) is 0 Å². The van der Waals surface area contributed by atoms with E-state index in [9.17, 15) is 0 Å². The summed E-state index contributed by atoms with van der Waals surface area (Å²) in [6.07, 6.45) is 0. The van der Waals surface area contributed by atoms with Crippen molar-refractivity contribution in [2.75, 3.05) is 4.90 Å². The lowest BCUT2D eigenvalue weighted by atomic mass is 9.67. The van der Waals surface area contributed by atoms with Gasteiger partial charge in [0.2, 0.25) is 0 Å². The van der Waals surface area contributed by atoms with Gasteiger partial charge in [-0.1, -0.05) is 182 Å². The molecule has 1 heterocycles. The molecule has 12 rings (SSSR count). The highest BCUT2D eigenvalue weighted by atomic mass is 16.3. The molecule has 2 aliphatic rings. The Morgan fingerprint density at radius 3 is 1.56 bits per heavy atom. The number of para-hydroxylation sites is 2. The SMILES string of the molecule is CC1(c2ccc3c(c2)oc2c(N(c4ccccc4)c4ccc5c(c4)C(c4ccccc4)(c4ccccc4)c4ccccc4-5)cccc23)c2ccccc2-c2ccccc21. The van der Waals surface area contributed by atoms with Gasteiger partial charge in [-0.05, 0) is 105 Å². The Balaban J connectivity index is 1.08. The van der Waals surface area contributed by atoms with E-state index >= 15 is 0 Å². The van der Waals surface area contributed by atoms with Gasteiger partial charge in [-0.2, -0.15) is 0 Å². The standard InChI is InChI=1S/C57H39NO/c1-56(49-28-14-11-24-43(49)44-25-12-15-29-50(44)56)40-32-34-47-48-27-17-31-53(55(48)59-54(47)36-40)58(41-22-9-4-10-23-41)42-33-35-46-45-26-13-16-30-51(45)57(52(46)37-42,38-18-5-2-6-19-38)39-20-7-3-8-21-39/h2-37H,1H3. The van der Waals surface area contributed by atoms with Crippen LogP contribution in [0.4, 0.5) is 17.1 Å². The van der Waals surface area contributed by atoms with E-state index in [0.717, 1.165) is 39.0 Å². The topological polar surface area (TPSA) is 16.4 Å². The molecule has 0 spiro atoms. The van der Waals surface area contributed by atoms with Crippen LogP contribution in [0, 0.1) is 0 Å². The highest BCUT2D eigenvalue weighted by Gasteiger charge is 2.46. The Morgan fingerprint density at radius 1 is 0.373 bits per heavy atom. The van der Waals surface area contributed by atoms with Gasteiger partial charge >= 0.3 is 0 Å². The molecular formula is C57H39NO. The lowest BCUT2D eigenvalue weighted by Crippen LogP contribution is -2.28. The van der Waals surface area contributed by atoms with Crippen molar-refractivity contribution in [2.24, 2.45) is 0 Å². The Bertz CT molecular complexity index is 3150. The molecule has 278 valence electrons. The summed E-state index contributed by atoms with van der Waals surface area (Å²) in [6.45, 7) is 2.36. The van der Waals surface area contributed by atoms with Crippen molar-refractivity contribution < 1.29 is 4.42 Å². The fourth-order valence-electron chi connectivity index (χ4n) is 10.6. The maximum Gasteiger partial charge on any atom is 0.159 e. The molecule has 0 bridgehead atoms. The highest BCUT2D eigenvalue weighted by Crippen LogP contribution is 2.58. The highest BCUT2D eigenvalue weighted by molar-refractivity contribution is 6.10. The van der Waals surface area contributed by atoms with E-state index in [-0.39, 0.29) is 5.41 Å². The smallest absolute Gasteiger partial charge is 0.159 e. The molecule has 1 aromatic heterocycles. The predicted molar refractivity (Wildman–Crippen MR) is 243 cm³/mol. The summed E-state index contributed by atoms with van der Waals surface area (Å²) in [4.78, 5) is 2.38. The van der Waals surface area contributed by atoms with Crippen molar-refractivity contribution in [3.63, 3.8) is 0 Å². The largest absolute Gasteiger partial charge is 0.454 e. The molecule has 59 heavy (non-hydrogen) atoms. The predicted octanol–water partition coefficient (Wildman–Crippen LogP) is 14.8. The van der Waals surface area contributed by atoms with E-state index in [1.807, 2.05) is 0 Å². The Labute approximate surface area is 344 Å². The first-order chi connectivity index (χ1) is 29.2. The average molecular weight is 754 g/mol. The van der Waals surface area contributed by atoms with E-state index < -0.39 is 5.41 Å². The summed E-state index contributed by atoms with van der Waals surface area (Å²) in [7, 11) is 0. The van der Waals surface area contributed by atoms with Crippen LogP contribution in [-0.4, -0.2) is 0 Å². The summed E-state index contributed by atoms with van der Waals surface area (Å²) in [6, 6.07) is 79.8. The Hall–Kier alpha value is -7.42. The van der Waals surface area contributed by atoms with Crippen LogP contribution in [0.3, 0.4) is 0 Å². The van der Waals surface area contributed by atoms with E-state index in [1.165, 1.54) is 61.2 Å². The molecule has 0 fully saturated rings. The first-order valence-corrected chi connectivity index (χ1v) is 20.5. The summed E-state index contributed by atoms with van der Waals surface area (Å²) in [5.41, 5.74) is 18.1. The van der Waals surface area contributed by atoms with Gasteiger partial charge in [0.1, 0.15) is 5.58 Å². The van der Waals surface area contributed by atoms with Crippen molar-refractivity contribution in [3.8, 4) is 22.3 Å². The van der Waals surface area contributed by atoms with Crippen LogP contribution in [0.5, 0.6) is 0 Å². The zero-order valence-corrected chi connectivity index (χ0v) is 32.6. The second-order valence-corrected chi connectivity index (χ2v) is 16.1. The summed E-state index contributed by atoms with van der Waals surface area (Å²) in [5, 5.41) is 2.21.